The van der Waals surface area contributed by atoms with Gasteiger partial charge in [0.1, 0.15) is 18.1 Å². The first kappa shape index (κ1) is 26.1. The highest BCUT2D eigenvalue weighted by atomic mass is 16.4. The monoisotopic (exact) mass is 513 g/mol. The maximum absolute atomic E-state index is 13.8. The average Bonchev–Trinajstić information content (AvgIpc) is 3.62. The van der Waals surface area contributed by atoms with Gasteiger partial charge in [-0.05, 0) is 37.3 Å². The molecule has 3 heterocycles. The van der Waals surface area contributed by atoms with Crippen molar-refractivity contribution in [3.63, 3.8) is 0 Å². The molecule has 2 fully saturated rings. The molecular formula is C25H31N5O7. The van der Waals surface area contributed by atoms with Crippen LogP contribution in [0.1, 0.15) is 37.7 Å². The van der Waals surface area contributed by atoms with Crippen molar-refractivity contribution in [3.05, 3.63) is 36.0 Å². The number of amides is 3. The summed E-state index contributed by atoms with van der Waals surface area (Å²) in [6, 6.07) is 3.26. The van der Waals surface area contributed by atoms with Gasteiger partial charge in [0.05, 0.1) is 12.5 Å². The van der Waals surface area contributed by atoms with E-state index in [0.29, 0.717) is 32.2 Å². The normalized spacial score (nSPS) is 21.1. The molecule has 3 amide bonds. The zero-order valence-electron chi connectivity index (χ0n) is 20.3. The largest absolute Gasteiger partial charge is 0.481 e. The van der Waals surface area contributed by atoms with Crippen LogP contribution in [0.5, 0.6) is 0 Å². The van der Waals surface area contributed by atoms with Gasteiger partial charge in [-0.25, -0.2) is 4.79 Å². The van der Waals surface area contributed by atoms with Gasteiger partial charge in [0.25, 0.3) is 0 Å². The summed E-state index contributed by atoms with van der Waals surface area (Å²) in [4.78, 5) is 68.4. The van der Waals surface area contributed by atoms with Crippen molar-refractivity contribution in [2.24, 2.45) is 5.73 Å². The molecular weight excluding hydrogens is 482 g/mol. The van der Waals surface area contributed by atoms with Gasteiger partial charge in [-0.2, -0.15) is 0 Å². The number of hydrogen-bond acceptors (Lipinski definition) is 6. The molecule has 1 aromatic carbocycles. The Hall–Kier alpha value is -3.93. The molecule has 0 radical (unpaired) electrons. The molecule has 4 unspecified atom stereocenters. The predicted octanol–water partition coefficient (Wildman–Crippen LogP) is 0.0638. The number of aromatic nitrogens is 1. The molecule has 0 spiro atoms. The zero-order chi connectivity index (χ0) is 26.7. The van der Waals surface area contributed by atoms with E-state index in [4.69, 9.17) is 10.8 Å². The number of aliphatic carboxylic acids is 2. The Kier molecular flexibility index (Phi) is 7.77. The summed E-state index contributed by atoms with van der Waals surface area (Å²) in [6.07, 6.45) is 3.11. The number of carboxylic acids is 2. The SMILES string of the molecule is NC(CC(=O)O)C(=O)NC(Cc1c[nH]c2ccccc12)C(=O)N1CCCC1C(=O)N1CCCC1C(=O)O. The van der Waals surface area contributed by atoms with Crippen molar-refractivity contribution >= 4 is 40.6 Å². The summed E-state index contributed by atoms with van der Waals surface area (Å²) in [5.74, 6) is -4.00. The van der Waals surface area contributed by atoms with Crippen LogP contribution in [0.4, 0.5) is 0 Å². The highest BCUT2D eigenvalue weighted by molar-refractivity contribution is 5.96. The van der Waals surface area contributed by atoms with Gasteiger partial charge >= 0.3 is 11.9 Å². The van der Waals surface area contributed by atoms with E-state index in [0.717, 1.165) is 16.5 Å². The number of nitrogens with one attached hydrogen (secondary N) is 2. The van der Waals surface area contributed by atoms with Crippen LogP contribution < -0.4 is 11.1 Å². The fourth-order valence-electron chi connectivity index (χ4n) is 5.25. The molecule has 6 N–H and O–H groups in total. The van der Waals surface area contributed by atoms with Crippen LogP contribution >= 0.6 is 0 Å². The predicted molar refractivity (Wildman–Crippen MR) is 131 cm³/mol. The first-order valence-corrected chi connectivity index (χ1v) is 12.3. The Morgan fingerprint density at radius 2 is 1.70 bits per heavy atom. The molecule has 4 rings (SSSR count). The van der Waals surface area contributed by atoms with E-state index in [1.54, 1.807) is 6.20 Å². The molecule has 2 aliphatic heterocycles. The number of fused-ring (bicyclic) bond motifs is 1. The van der Waals surface area contributed by atoms with Crippen LogP contribution in [0.2, 0.25) is 0 Å². The van der Waals surface area contributed by atoms with Crippen molar-refractivity contribution in [2.45, 2.75) is 62.7 Å². The molecule has 12 heteroatoms. The van der Waals surface area contributed by atoms with Crippen molar-refractivity contribution in [2.75, 3.05) is 13.1 Å². The maximum atomic E-state index is 13.8. The van der Waals surface area contributed by atoms with E-state index in [9.17, 15) is 29.1 Å². The first-order chi connectivity index (χ1) is 17.7. The number of nitrogens with zero attached hydrogens (tertiary/aromatic N) is 2. The highest BCUT2D eigenvalue weighted by Crippen LogP contribution is 2.27. The van der Waals surface area contributed by atoms with Crippen LogP contribution in [-0.2, 0) is 30.4 Å². The lowest BCUT2D eigenvalue weighted by Gasteiger charge is -2.32. The van der Waals surface area contributed by atoms with Gasteiger partial charge in [-0.3, -0.25) is 19.2 Å². The summed E-state index contributed by atoms with van der Waals surface area (Å²) in [5, 5.41) is 22.0. The van der Waals surface area contributed by atoms with Crippen molar-refractivity contribution in [3.8, 4) is 0 Å². The minimum atomic E-state index is -1.35. The molecule has 0 saturated carbocycles. The van der Waals surface area contributed by atoms with Gasteiger partial charge in [-0.15, -0.1) is 0 Å². The van der Waals surface area contributed by atoms with Crippen molar-refractivity contribution in [1.29, 1.82) is 0 Å². The summed E-state index contributed by atoms with van der Waals surface area (Å²) in [6.45, 7) is 0.593. The van der Waals surface area contributed by atoms with E-state index in [-0.39, 0.29) is 13.0 Å². The number of H-pyrrole nitrogens is 1. The molecule has 198 valence electrons. The summed E-state index contributed by atoms with van der Waals surface area (Å²) in [7, 11) is 0. The Balaban J connectivity index is 1.58. The molecule has 0 aliphatic carbocycles. The number of para-hydroxylation sites is 1. The van der Waals surface area contributed by atoms with Crippen LogP contribution in [-0.4, -0.2) is 91.9 Å². The second-order valence-electron chi connectivity index (χ2n) is 9.55. The van der Waals surface area contributed by atoms with Gasteiger partial charge in [0.2, 0.25) is 17.7 Å². The van der Waals surface area contributed by atoms with Crippen molar-refractivity contribution in [1.82, 2.24) is 20.1 Å². The highest BCUT2D eigenvalue weighted by Gasteiger charge is 2.43. The van der Waals surface area contributed by atoms with Gasteiger partial charge in [0, 0.05) is 36.6 Å². The quantitative estimate of drug-likeness (QED) is 0.311. The second kappa shape index (κ2) is 11.0. The fourth-order valence-corrected chi connectivity index (χ4v) is 5.25. The number of carboxylic acid groups (broad SMARTS) is 2. The average molecular weight is 514 g/mol. The summed E-state index contributed by atoms with van der Waals surface area (Å²) >= 11 is 0. The van der Waals surface area contributed by atoms with E-state index in [1.165, 1.54) is 9.80 Å². The van der Waals surface area contributed by atoms with E-state index < -0.39 is 60.2 Å². The van der Waals surface area contributed by atoms with Gasteiger partial charge in [-0.1, -0.05) is 18.2 Å². The van der Waals surface area contributed by atoms with Crippen molar-refractivity contribution < 1.29 is 34.2 Å². The molecule has 2 aliphatic rings. The van der Waals surface area contributed by atoms with Gasteiger partial charge in [0.15, 0.2) is 0 Å². The Morgan fingerprint density at radius 3 is 2.41 bits per heavy atom. The van der Waals surface area contributed by atoms with E-state index in [2.05, 4.69) is 10.3 Å². The topological polar surface area (TPSA) is 186 Å². The molecule has 1 aromatic heterocycles. The molecule has 2 aromatic rings. The smallest absolute Gasteiger partial charge is 0.326 e. The second-order valence-corrected chi connectivity index (χ2v) is 9.55. The van der Waals surface area contributed by atoms with E-state index >= 15 is 0 Å². The third kappa shape index (κ3) is 5.58. The third-order valence-electron chi connectivity index (χ3n) is 7.09. The van der Waals surface area contributed by atoms with Crippen LogP contribution in [0, 0.1) is 0 Å². The Morgan fingerprint density at radius 1 is 1.03 bits per heavy atom. The van der Waals surface area contributed by atoms with Crippen LogP contribution in [0.15, 0.2) is 30.5 Å². The lowest BCUT2D eigenvalue weighted by atomic mass is 10.0. The number of likely N-dealkylation sites (tertiary alicyclic amines) is 2. The third-order valence-corrected chi connectivity index (χ3v) is 7.09. The lowest BCUT2D eigenvalue weighted by Crippen LogP contribution is -2.57. The number of hydrogen-bond donors (Lipinski definition) is 5. The molecule has 4 atom stereocenters. The molecule has 37 heavy (non-hydrogen) atoms. The first-order valence-electron chi connectivity index (χ1n) is 12.3. The standard InChI is InChI=1S/C25H31N5O7/c26-16(12-21(31)32)22(33)28-18(11-14-13-27-17-6-2-1-5-15(14)17)23(34)29-9-3-7-19(29)24(35)30-10-4-8-20(30)25(36)37/h1-2,5-6,13,16,18-20,27H,3-4,7-12,26H2,(H,28,33)(H,31,32)(H,36,37). The van der Waals surface area contributed by atoms with Gasteiger partial charge < -0.3 is 36.0 Å². The number of carbonyl (C=O) groups excluding carboxylic acids is 3. The van der Waals surface area contributed by atoms with Crippen LogP contribution in [0.3, 0.4) is 0 Å². The molecule has 12 nitrogen and oxygen atoms in total. The number of aromatic amines is 1. The maximum Gasteiger partial charge on any atom is 0.326 e. The molecule has 2 saturated heterocycles. The minimum absolute atomic E-state index is 0.0905. The fraction of sp³-hybridized carbons (Fsp3) is 0.480. The lowest BCUT2D eigenvalue weighted by molar-refractivity contribution is -0.152. The van der Waals surface area contributed by atoms with Crippen LogP contribution in [0.25, 0.3) is 10.9 Å². The summed E-state index contributed by atoms with van der Waals surface area (Å²) < 4.78 is 0. The number of benzene rings is 1. The minimum Gasteiger partial charge on any atom is -0.481 e. The zero-order valence-corrected chi connectivity index (χ0v) is 20.3. The Labute approximate surface area is 212 Å². The summed E-state index contributed by atoms with van der Waals surface area (Å²) in [5.41, 5.74) is 7.35. The Bertz CT molecular complexity index is 1210. The number of nitrogens with two attached hydrogens (primary N) is 1. The number of rotatable bonds is 9. The molecule has 0 bridgehead atoms. The number of carbonyl (C=O) groups is 5. The van der Waals surface area contributed by atoms with E-state index in [1.807, 2.05) is 24.3 Å².